The summed E-state index contributed by atoms with van der Waals surface area (Å²) in [5, 5.41) is 0. The van der Waals surface area contributed by atoms with Crippen molar-refractivity contribution in [2.75, 3.05) is 24.7 Å². The number of halogens is 1. The molecule has 2 fully saturated rings. The fraction of sp³-hybridized carbons (Fsp3) is 0.458. The number of hydrogen-bond acceptors (Lipinski definition) is 6. The Hall–Kier alpha value is -3.00. The summed E-state index contributed by atoms with van der Waals surface area (Å²) >= 11 is 0. The molecule has 0 N–H and O–H groups in total. The van der Waals surface area contributed by atoms with E-state index in [0.29, 0.717) is 60.9 Å². The maximum absolute atomic E-state index is 14.4. The van der Waals surface area contributed by atoms with Gasteiger partial charge in [-0.3, -0.25) is 9.59 Å². The van der Waals surface area contributed by atoms with Crippen LogP contribution < -0.4 is 14.4 Å². The lowest BCUT2D eigenvalue weighted by Gasteiger charge is -2.22. The standard InChI is InChI=1S/C24H25FN2O5/c25-20-12-15(11-19-18(20)5-6-21(19)28)27-9-8-22(24(27)29)32-16-4-7-23(26-13-16)31-14-17-3-1-2-10-30-17/h4,7,11-13,17,22H,1-3,5-6,8-10,14H2/t17?,22-/m1/s1. The molecular weight excluding hydrogens is 415 g/mol. The molecule has 0 saturated carbocycles. The number of benzene rings is 1. The van der Waals surface area contributed by atoms with Crippen molar-refractivity contribution >= 4 is 17.4 Å². The predicted molar refractivity (Wildman–Crippen MR) is 114 cm³/mol. The second kappa shape index (κ2) is 8.86. The molecule has 2 aliphatic heterocycles. The number of aromatic nitrogens is 1. The Morgan fingerprint density at radius 2 is 2.06 bits per heavy atom. The molecule has 2 saturated heterocycles. The molecule has 2 atom stereocenters. The lowest BCUT2D eigenvalue weighted by Crippen LogP contribution is -2.32. The third-order valence-electron chi connectivity index (χ3n) is 6.23. The van der Waals surface area contributed by atoms with Crippen LogP contribution in [0.2, 0.25) is 0 Å². The smallest absolute Gasteiger partial charge is 0.268 e. The highest BCUT2D eigenvalue weighted by molar-refractivity contribution is 6.04. The van der Waals surface area contributed by atoms with E-state index in [1.54, 1.807) is 18.2 Å². The van der Waals surface area contributed by atoms with E-state index in [2.05, 4.69) is 4.98 Å². The van der Waals surface area contributed by atoms with Crippen molar-refractivity contribution in [2.24, 2.45) is 0 Å². The molecule has 32 heavy (non-hydrogen) atoms. The van der Waals surface area contributed by atoms with Gasteiger partial charge in [-0.25, -0.2) is 9.37 Å². The molecule has 1 aromatic carbocycles. The fourth-order valence-corrected chi connectivity index (χ4v) is 4.48. The van der Waals surface area contributed by atoms with E-state index >= 15 is 0 Å². The van der Waals surface area contributed by atoms with Crippen molar-refractivity contribution in [1.82, 2.24) is 4.98 Å². The number of pyridine rings is 1. The summed E-state index contributed by atoms with van der Waals surface area (Å²) in [5.41, 5.74) is 1.23. The third-order valence-corrected chi connectivity index (χ3v) is 6.23. The van der Waals surface area contributed by atoms with E-state index in [-0.39, 0.29) is 17.8 Å². The molecule has 3 aliphatic rings. The second-order valence-corrected chi connectivity index (χ2v) is 8.39. The number of carbonyl (C=O) groups is 2. The van der Waals surface area contributed by atoms with E-state index in [4.69, 9.17) is 14.2 Å². The summed E-state index contributed by atoms with van der Waals surface area (Å²) in [7, 11) is 0. The molecule has 3 heterocycles. The Kier molecular flexibility index (Phi) is 5.78. The van der Waals surface area contributed by atoms with Gasteiger partial charge in [0, 0.05) is 43.3 Å². The van der Waals surface area contributed by atoms with Gasteiger partial charge in [0.05, 0.1) is 12.3 Å². The van der Waals surface area contributed by atoms with Gasteiger partial charge in [-0.05, 0) is 49.4 Å². The molecule has 168 valence electrons. The number of rotatable bonds is 6. The lowest BCUT2D eigenvalue weighted by molar-refractivity contribution is -0.122. The lowest BCUT2D eigenvalue weighted by atomic mass is 10.1. The topological polar surface area (TPSA) is 78.0 Å². The molecule has 0 bridgehead atoms. The van der Waals surface area contributed by atoms with Crippen LogP contribution in [-0.2, 0) is 16.0 Å². The zero-order valence-electron chi connectivity index (χ0n) is 17.7. The second-order valence-electron chi connectivity index (χ2n) is 8.39. The minimum absolute atomic E-state index is 0.0800. The van der Waals surface area contributed by atoms with Crippen LogP contribution in [0.1, 0.15) is 48.0 Å². The highest BCUT2D eigenvalue weighted by Gasteiger charge is 2.36. The highest BCUT2D eigenvalue weighted by Crippen LogP contribution is 2.32. The number of nitrogens with zero attached hydrogens (tertiary/aromatic N) is 2. The van der Waals surface area contributed by atoms with Crippen molar-refractivity contribution in [3.05, 3.63) is 47.4 Å². The van der Waals surface area contributed by atoms with Crippen molar-refractivity contribution in [2.45, 2.75) is 50.7 Å². The Labute approximate surface area is 185 Å². The van der Waals surface area contributed by atoms with Crippen LogP contribution in [-0.4, -0.2) is 48.6 Å². The predicted octanol–water partition coefficient (Wildman–Crippen LogP) is 3.48. The van der Waals surface area contributed by atoms with E-state index in [9.17, 15) is 14.0 Å². The molecule has 1 unspecified atom stereocenters. The molecule has 8 heteroatoms. The average molecular weight is 440 g/mol. The first-order valence-electron chi connectivity index (χ1n) is 11.1. The number of ether oxygens (including phenoxy) is 3. The van der Waals surface area contributed by atoms with E-state index in [1.165, 1.54) is 17.2 Å². The van der Waals surface area contributed by atoms with Gasteiger partial charge in [0.1, 0.15) is 18.2 Å². The van der Waals surface area contributed by atoms with Crippen LogP contribution in [0.4, 0.5) is 10.1 Å². The molecule has 2 aromatic rings. The molecule has 0 radical (unpaired) electrons. The van der Waals surface area contributed by atoms with Crippen LogP contribution in [0, 0.1) is 5.82 Å². The maximum Gasteiger partial charge on any atom is 0.268 e. The molecule has 1 aliphatic carbocycles. The number of Topliss-reactive ketones (excluding diaryl/α,β-unsaturated/α-hetero) is 1. The minimum atomic E-state index is -0.689. The van der Waals surface area contributed by atoms with Gasteiger partial charge in [-0.1, -0.05) is 0 Å². The average Bonchev–Trinajstić information content (AvgIpc) is 3.37. The van der Waals surface area contributed by atoms with E-state index in [0.717, 1.165) is 25.9 Å². The number of ketones is 1. The van der Waals surface area contributed by atoms with Crippen LogP contribution in [0.25, 0.3) is 0 Å². The van der Waals surface area contributed by atoms with Gasteiger partial charge < -0.3 is 19.1 Å². The molecule has 1 aromatic heterocycles. The van der Waals surface area contributed by atoms with E-state index in [1.807, 2.05) is 0 Å². The molecule has 1 amide bonds. The molecular formula is C24H25FN2O5. The van der Waals surface area contributed by atoms with Crippen molar-refractivity contribution in [3.8, 4) is 11.6 Å². The van der Waals surface area contributed by atoms with Gasteiger partial charge in [0.15, 0.2) is 11.9 Å². The monoisotopic (exact) mass is 440 g/mol. The van der Waals surface area contributed by atoms with Crippen molar-refractivity contribution in [1.29, 1.82) is 0 Å². The summed E-state index contributed by atoms with van der Waals surface area (Å²) in [5.74, 6) is 0.165. The number of carbonyl (C=O) groups excluding carboxylic acids is 2. The van der Waals surface area contributed by atoms with Crippen LogP contribution in [0.5, 0.6) is 11.6 Å². The van der Waals surface area contributed by atoms with Crippen LogP contribution >= 0.6 is 0 Å². The Bertz CT molecular complexity index is 1020. The number of amides is 1. The molecule has 7 nitrogen and oxygen atoms in total. The van der Waals surface area contributed by atoms with Gasteiger partial charge in [0.2, 0.25) is 5.88 Å². The quantitative estimate of drug-likeness (QED) is 0.685. The number of fused-ring (bicyclic) bond motifs is 1. The molecule has 5 rings (SSSR count). The van der Waals surface area contributed by atoms with Gasteiger partial charge in [-0.15, -0.1) is 0 Å². The van der Waals surface area contributed by atoms with Crippen LogP contribution in [0.15, 0.2) is 30.5 Å². The Balaban J connectivity index is 1.20. The Morgan fingerprint density at radius 3 is 2.84 bits per heavy atom. The first-order chi connectivity index (χ1) is 15.6. The number of hydrogen-bond donors (Lipinski definition) is 0. The Morgan fingerprint density at radius 1 is 1.16 bits per heavy atom. The zero-order chi connectivity index (χ0) is 22.1. The third kappa shape index (κ3) is 4.19. The minimum Gasteiger partial charge on any atom is -0.479 e. The first-order valence-corrected chi connectivity index (χ1v) is 11.1. The summed E-state index contributed by atoms with van der Waals surface area (Å²) in [6, 6.07) is 6.38. The zero-order valence-corrected chi connectivity index (χ0v) is 17.7. The maximum atomic E-state index is 14.4. The normalized spacial score (nSPS) is 22.8. The summed E-state index contributed by atoms with van der Waals surface area (Å²) in [6.07, 6.45) is 5.37. The van der Waals surface area contributed by atoms with E-state index < -0.39 is 11.9 Å². The fourth-order valence-electron chi connectivity index (χ4n) is 4.48. The molecule has 0 spiro atoms. The SMILES string of the molecule is O=C1CCc2c(F)cc(N3CC[C@@H](Oc4ccc(OCC5CCCCO5)nc4)C3=O)cc21. The van der Waals surface area contributed by atoms with Crippen molar-refractivity contribution < 1.29 is 28.2 Å². The van der Waals surface area contributed by atoms with Gasteiger partial charge in [-0.2, -0.15) is 0 Å². The van der Waals surface area contributed by atoms with Gasteiger partial charge >= 0.3 is 0 Å². The van der Waals surface area contributed by atoms with Gasteiger partial charge in [0.25, 0.3) is 5.91 Å². The largest absolute Gasteiger partial charge is 0.479 e. The summed E-state index contributed by atoms with van der Waals surface area (Å²) in [6.45, 7) is 1.63. The summed E-state index contributed by atoms with van der Waals surface area (Å²) in [4.78, 5) is 30.6. The first kappa shape index (κ1) is 20.9. The van der Waals surface area contributed by atoms with Crippen molar-refractivity contribution in [3.63, 3.8) is 0 Å². The van der Waals surface area contributed by atoms with Crippen LogP contribution in [0.3, 0.4) is 0 Å². The highest BCUT2D eigenvalue weighted by atomic mass is 19.1. The summed E-state index contributed by atoms with van der Waals surface area (Å²) < 4.78 is 31.6. The number of anilines is 1.